The predicted octanol–water partition coefficient (Wildman–Crippen LogP) is 3.93. The molecule has 20 heavy (non-hydrogen) atoms. The first-order chi connectivity index (χ1) is 9.38. The minimum absolute atomic E-state index is 0.265. The molecule has 9 heteroatoms. The largest absolute Gasteiger partial charge is 0.480 e. The van der Waals surface area contributed by atoms with Crippen LogP contribution in [0.25, 0.3) is 0 Å². The van der Waals surface area contributed by atoms with E-state index in [0.29, 0.717) is 25.9 Å². The Labute approximate surface area is 133 Å². The Hall–Kier alpha value is -1.05. The number of aromatic nitrogens is 1. The summed E-state index contributed by atoms with van der Waals surface area (Å²) in [5.74, 6) is -1.14. The number of nitrogens with one attached hydrogen (secondary N) is 1. The number of halogens is 3. The molecule has 0 radical (unpaired) electrons. The number of nitrogens with two attached hydrogens (primary N) is 1. The van der Waals surface area contributed by atoms with E-state index in [0.717, 1.165) is 0 Å². The molecule has 2 aromatic rings. The number of aliphatic carboxylic acids is 1. The van der Waals surface area contributed by atoms with Crippen molar-refractivity contribution in [3.05, 3.63) is 38.3 Å². The number of carboxylic acids is 1. The summed E-state index contributed by atoms with van der Waals surface area (Å²) in [6.07, 6.45) is 0. The van der Waals surface area contributed by atoms with E-state index in [2.05, 4.69) is 10.3 Å². The Morgan fingerprint density at radius 3 is 2.60 bits per heavy atom. The van der Waals surface area contributed by atoms with Crippen molar-refractivity contribution in [2.24, 2.45) is 5.73 Å². The highest BCUT2D eigenvalue weighted by Crippen LogP contribution is 2.34. The van der Waals surface area contributed by atoms with Gasteiger partial charge in [-0.1, -0.05) is 34.8 Å². The Morgan fingerprint density at radius 1 is 1.30 bits per heavy atom. The third kappa shape index (κ3) is 3.34. The third-order valence-corrected chi connectivity index (χ3v) is 4.17. The van der Waals surface area contributed by atoms with E-state index in [-0.39, 0.29) is 5.69 Å². The molecule has 5 nitrogen and oxygen atoms in total. The fourth-order valence-corrected chi connectivity index (χ4v) is 2.70. The lowest BCUT2D eigenvalue weighted by Crippen LogP contribution is -2.20. The summed E-state index contributed by atoms with van der Waals surface area (Å²) in [7, 11) is 0. The molecule has 0 saturated heterocycles. The number of carbonyl (C=O) groups is 1. The van der Waals surface area contributed by atoms with Crippen molar-refractivity contribution in [1.29, 1.82) is 0 Å². The van der Waals surface area contributed by atoms with E-state index in [1.807, 2.05) is 0 Å². The molecule has 0 fully saturated rings. The zero-order valence-electron chi connectivity index (χ0n) is 9.73. The lowest BCUT2D eigenvalue weighted by atomic mass is 10.2. The number of carboxylic acid groups (broad SMARTS) is 1. The zero-order chi connectivity index (χ0) is 14.9. The van der Waals surface area contributed by atoms with Crippen LogP contribution in [-0.4, -0.2) is 16.1 Å². The van der Waals surface area contributed by atoms with Crippen LogP contribution in [0, 0.1) is 0 Å². The second-order valence-corrected chi connectivity index (χ2v) is 5.84. The van der Waals surface area contributed by atoms with Gasteiger partial charge in [-0.15, -0.1) is 11.3 Å². The van der Waals surface area contributed by atoms with Crippen molar-refractivity contribution >= 4 is 62.9 Å². The van der Waals surface area contributed by atoms with Crippen molar-refractivity contribution in [3.8, 4) is 0 Å². The van der Waals surface area contributed by atoms with Crippen LogP contribution in [0.2, 0.25) is 15.1 Å². The van der Waals surface area contributed by atoms with Gasteiger partial charge in [0.25, 0.3) is 0 Å². The highest BCUT2D eigenvalue weighted by atomic mass is 35.5. The molecule has 0 aliphatic rings. The van der Waals surface area contributed by atoms with E-state index in [4.69, 9.17) is 45.6 Å². The number of nitrogens with zero attached hydrogens (tertiary/aromatic N) is 1. The van der Waals surface area contributed by atoms with Crippen molar-refractivity contribution in [1.82, 2.24) is 4.98 Å². The van der Waals surface area contributed by atoms with Gasteiger partial charge in [0.15, 0.2) is 5.13 Å². The maximum absolute atomic E-state index is 10.8. The predicted molar refractivity (Wildman–Crippen MR) is 81.4 cm³/mol. The van der Waals surface area contributed by atoms with Gasteiger partial charge in [0.2, 0.25) is 0 Å². The lowest BCUT2D eigenvalue weighted by molar-refractivity contribution is -0.138. The molecule has 4 N–H and O–H groups in total. The van der Waals surface area contributed by atoms with Crippen molar-refractivity contribution in [2.45, 2.75) is 6.04 Å². The average Bonchev–Trinajstić information content (AvgIpc) is 2.83. The molecule has 0 saturated carbocycles. The second-order valence-electron chi connectivity index (χ2n) is 3.76. The summed E-state index contributed by atoms with van der Waals surface area (Å²) in [4.78, 5) is 14.9. The minimum Gasteiger partial charge on any atom is -0.480 e. The van der Waals surface area contributed by atoms with Crippen LogP contribution < -0.4 is 11.1 Å². The molecular formula is C11H8Cl3N3O2S. The van der Waals surface area contributed by atoms with E-state index >= 15 is 0 Å². The minimum atomic E-state index is -1.16. The highest BCUT2D eigenvalue weighted by molar-refractivity contribution is 7.13. The molecule has 1 atom stereocenters. The average molecular weight is 353 g/mol. The molecule has 0 amide bonds. The van der Waals surface area contributed by atoms with Gasteiger partial charge in [-0.25, -0.2) is 4.98 Å². The highest BCUT2D eigenvalue weighted by Gasteiger charge is 2.18. The first-order valence-corrected chi connectivity index (χ1v) is 7.25. The van der Waals surface area contributed by atoms with Gasteiger partial charge < -0.3 is 16.2 Å². The SMILES string of the molecule is NC(C(=O)O)c1csc(Nc2cc(Cl)c(Cl)cc2Cl)n1. The van der Waals surface area contributed by atoms with Crippen LogP contribution in [0.3, 0.4) is 0 Å². The van der Waals surface area contributed by atoms with E-state index in [1.54, 1.807) is 11.4 Å². The number of anilines is 2. The number of thiazole rings is 1. The van der Waals surface area contributed by atoms with Gasteiger partial charge in [0.05, 0.1) is 26.4 Å². The Morgan fingerprint density at radius 2 is 1.95 bits per heavy atom. The van der Waals surface area contributed by atoms with Crippen LogP contribution in [0.15, 0.2) is 17.5 Å². The molecule has 0 bridgehead atoms. The number of benzene rings is 1. The summed E-state index contributed by atoms with van der Waals surface area (Å²) in [5, 5.41) is 14.8. The molecule has 0 spiro atoms. The van der Waals surface area contributed by atoms with Crippen molar-refractivity contribution in [3.63, 3.8) is 0 Å². The Kier molecular flexibility index (Phi) is 4.72. The Balaban J connectivity index is 2.23. The van der Waals surface area contributed by atoms with Gasteiger partial charge in [-0.2, -0.15) is 0 Å². The summed E-state index contributed by atoms with van der Waals surface area (Å²) in [6.45, 7) is 0. The molecule has 0 aliphatic heterocycles. The maximum Gasteiger partial charge on any atom is 0.326 e. The number of rotatable bonds is 4. The molecule has 2 rings (SSSR count). The van der Waals surface area contributed by atoms with Crippen molar-refractivity contribution < 1.29 is 9.90 Å². The zero-order valence-corrected chi connectivity index (χ0v) is 12.8. The first-order valence-electron chi connectivity index (χ1n) is 5.24. The van der Waals surface area contributed by atoms with Gasteiger partial charge in [0.1, 0.15) is 6.04 Å². The first kappa shape index (κ1) is 15.3. The molecule has 1 aromatic carbocycles. The molecule has 1 heterocycles. The second kappa shape index (κ2) is 6.15. The topological polar surface area (TPSA) is 88.2 Å². The molecule has 106 valence electrons. The van der Waals surface area contributed by atoms with Crippen LogP contribution in [0.5, 0.6) is 0 Å². The molecular weight excluding hydrogens is 345 g/mol. The number of hydrogen-bond acceptors (Lipinski definition) is 5. The normalized spacial score (nSPS) is 12.2. The van der Waals surface area contributed by atoms with E-state index < -0.39 is 12.0 Å². The summed E-state index contributed by atoms with van der Waals surface area (Å²) < 4.78 is 0. The summed E-state index contributed by atoms with van der Waals surface area (Å²) in [6, 6.07) is 1.90. The van der Waals surface area contributed by atoms with E-state index in [9.17, 15) is 4.79 Å². The fourth-order valence-electron chi connectivity index (χ4n) is 1.35. The van der Waals surface area contributed by atoms with Crippen molar-refractivity contribution in [2.75, 3.05) is 5.32 Å². The quantitative estimate of drug-likeness (QED) is 0.726. The third-order valence-electron chi connectivity index (χ3n) is 2.36. The van der Waals surface area contributed by atoms with Crippen LogP contribution in [-0.2, 0) is 4.79 Å². The lowest BCUT2D eigenvalue weighted by Gasteiger charge is -2.07. The van der Waals surface area contributed by atoms with Crippen LogP contribution >= 0.6 is 46.1 Å². The van der Waals surface area contributed by atoms with Gasteiger partial charge >= 0.3 is 5.97 Å². The molecule has 1 unspecified atom stereocenters. The summed E-state index contributed by atoms with van der Waals surface area (Å²) >= 11 is 19.0. The molecule has 0 aliphatic carbocycles. The van der Waals surface area contributed by atoms with E-state index in [1.165, 1.54) is 17.4 Å². The van der Waals surface area contributed by atoms with Gasteiger partial charge in [0, 0.05) is 5.38 Å². The number of hydrogen-bond donors (Lipinski definition) is 3. The molecule has 1 aromatic heterocycles. The Bertz CT molecular complexity index is 662. The van der Waals surface area contributed by atoms with Gasteiger partial charge in [-0.05, 0) is 12.1 Å². The maximum atomic E-state index is 10.8. The van der Waals surface area contributed by atoms with Crippen LogP contribution in [0.1, 0.15) is 11.7 Å². The standard InChI is InChI=1S/C11H8Cl3N3O2S/c12-4-1-6(14)7(2-5(4)13)16-11-17-8(3-20-11)9(15)10(18)19/h1-3,9H,15H2,(H,16,17)(H,18,19). The smallest absolute Gasteiger partial charge is 0.326 e. The fraction of sp³-hybridized carbons (Fsp3) is 0.0909. The summed E-state index contributed by atoms with van der Waals surface area (Å²) in [5.41, 5.74) is 6.25. The van der Waals surface area contributed by atoms with Crippen LogP contribution in [0.4, 0.5) is 10.8 Å². The van der Waals surface area contributed by atoms with Gasteiger partial charge in [-0.3, -0.25) is 4.79 Å². The monoisotopic (exact) mass is 351 g/mol.